The van der Waals surface area contributed by atoms with Crippen molar-refractivity contribution < 1.29 is 24.6 Å². The molecular weight excluding hydrogens is 320 g/mol. The van der Waals surface area contributed by atoms with E-state index < -0.39 is 18.0 Å². The second-order valence-corrected chi connectivity index (χ2v) is 6.57. The Morgan fingerprint density at radius 2 is 2.17 bits per heavy atom. The van der Waals surface area contributed by atoms with Crippen LogP contribution in [0.1, 0.15) is 28.6 Å². The molecule has 8 heteroatoms. The van der Waals surface area contributed by atoms with E-state index in [1.54, 1.807) is 11.4 Å². The summed E-state index contributed by atoms with van der Waals surface area (Å²) in [4.78, 5) is 37.3. The fourth-order valence-electron chi connectivity index (χ4n) is 3.25. The second kappa shape index (κ2) is 5.47. The number of aliphatic carboxylic acids is 1. The lowest BCUT2D eigenvalue weighted by Crippen LogP contribution is -2.61. The molecule has 2 aliphatic heterocycles. The van der Waals surface area contributed by atoms with Gasteiger partial charge in [0.15, 0.2) is 0 Å². The number of nitrogens with zero attached hydrogens (tertiary/aromatic N) is 1. The molecule has 0 radical (unpaired) electrons. The van der Waals surface area contributed by atoms with Crippen molar-refractivity contribution in [1.82, 2.24) is 10.2 Å². The molecule has 1 aromatic heterocycles. The highest BCUT2D eigenvalue weighted by molar-refractivity contribution is 7.11. The molecule has 0 spiro atoms. The van der Waals surface area contributed by atoms with Crippen molar-refractivity contribution in [1.29, 1.82) is 0 Å². The molecule has 3 rings (SSSR count). The van der Waals surface area contributed by atoms with Crippen molar-refractivity contribution in [3.63, 3.8) is 0 Å². The molecule has 0 bridgehead atoms. The Bertz CT molecular complexity index is 736. The summed E-state index contributed by atoms with van der Waals surface area (Å²) in [6.45, 7) is 1.53. The third-order valence-corrected chi connectivity index (χ3v) is 5.31. The molecule has 2 aliphatic rings. The van der Waals surface area contributed by atoms with Crippen LogP contribution in [0, 0.1) is 5.92 Å². The van der Waals surface area contributed by atoms with Crippen LogP contribution in [-0.4, -0.2) is 52.1 Å². The normalized spacial score (nSPS) is 24.3. The number of fused-ring (bicyclic) bond motifs is 1. The van der Waals surface area contributed by atoms with Crippen molar-refractivity contribution in [2.45, 2.75) is 25.5 Å². The molecule has 0 aliphatic carbocycles. The Hall–Kier alpha value is -2.19. The molecule has 3 atom stereocenters. The Kier molecular flexibility index (Phi) is 3.73. The van der Waals surface area contributed by atoms with Gasteiger partial charge < -0.3 is 20.4 Å². The minimum absolute atomic E-state index is 0.0396. The zero-order valence-corrected chi connectivity index (χ0v) is 13.4. The molecule has 2 amide bonds. The Morgan fingerprint density at radius 1 is 1.48 bits per heavy atom. The number of thiophene rings is 1. The van der Waals surface area contributed by atoms with Gasteiger partial charge in [-0.25, -0.2) is 4.79 Å². The number of nitrogens with one attached hydrogen (secondary N) is 1. The van der Waals surface area contributed by atoms with Gasteiger partial charge in [0, 0.05) is 22.9 Å². The van der Waals surface area contributed by atoms with E-state index in [1.807, 2.05) is 0 Å². The number of carbonyl (C=O) groups is 3. The summed E-state index contributed by atoms with van der Waals surface area (Å²) in [5.41, 5.74) is 0.957. The van der Waals surface area contributed by atoms with Crippen molar-refractivity contribution in [2.75, 3.05) is 7.05 Å². The van der Waals surface area contributed by atoms with Crippen LogP contribution in [0.4, 0.5) is 0 Å². The smallest absolute Gasteiger partial charge is 0.352 e. The van der Waals surface area contributed by atoms with E-state index in [4.69, 9.17) is 0 Å². The molecular formula is C15H16N2O5S. The number of aliphatic hydroxyl groups excluding tert-OH is 1. The van der Waals surface area contributed by atoms with E-state index >= 15 is 0 Å². The lowest BCUT2D eigenvalue weighted by atomic mass is 9.83. The Balaban J connectivity index is 1.98. The van der Waals surface area contributed by atoms with E-state index in [2.05, 4.69) is 5.32 Å². The van der Waals surface area contributed by atoms with Crippen LogP contribution < -0.4 is 5.32 Å². The summed E-state index contributed by atoms with van der Waals surface area (Å²) >= 11 is 1.27. The largest absolute Gasteiger partial charge is 0.477 e. The summed E-state index contributed by atoms with van der Waals surface area (Å²) in [6.07, 6.45) is -0.445. The highest BCUT2D eigenvalue weighted by atomic mass is 32.1. The summed E-state index contributed by atoms with van der Waals surface area (Å²) in [6, 6.07) is 1.31. The summed E-state index contributed by atoms with van der Waals surface area (Å²) < 4.78 is 0. The SMILES string of the molecule is CNC(=O)c1csc(C2=C(C(=O)O)N3C(=O)C(C(C)O)C3C2)c1. The molecule has 122 valence electrons. The van der Waals surface area contributed by atoms with Crippen LogP contribution in [0.25, 0.3) is 5.57 Å². The van der Waals surface area contributed by atoms with Crippen LogP contribution in [-0.2, 0) is 9.59 Å². The van der Waals surface area contributed by atoms with Gasteiger partial charge in [-0.2, -0.15) is 0 Å². The number of carbonyl (C=O) groups excluding carboxylic acids is 2. The number of aliphatic hydroxyl groups is 1. The predicted octanol–water partition coefficient (Wildman–Crippen LogP) is 0.515. The zero-order valence-electron chi connectivity index (χ0n) is 12.6. The first kappa shape index (κ1) is 15.7. The van der Waals surface area contributed by atoms with E-state index in [-0.39, 0.29) is 23.6 Å². The van der Waals surface area contributed by atoms with Gasteiger partial charge in [0.25, 0.3) is 5.91 Å². The molecule has 23 heavy (non-hydrogen) atoms. The van der Waals surface area contributed by atoms with Gasteiger partial charge in [0.1, 0.15) is 5.70 Å². The topological polar surface area (TPSA) is 107 Å². The number of β-lactam (4-membered cyclic amide) rings is 1. The average molecular weight is 336 g/mol. The minimum atomic E-state index is -1.17. The van der Waals surface area contributed by atoms with Gasteiger partial charge >= 0.3 is 5.97 Å². The van der Waals surface area contributed by atoms with Crippen molar-refractivity contribution in [3.05, 3.63) is 27.6 Å². The van der Waals surface area contributed by atoms with Gasteiger partial charge in [-0.3, -0.25) is 9.59 Å². The first-order valence-electron chi connectivity index (χ1n) is 7.15. The molecule has 0 aromatic carbocycles. The number of carboxylic acids is 1. The van der Waals surface area contributed by atoms with E-state index in [0.29, 0.717) is 22.4 Å². The Labute approximate surface area is 136 Å². The first-order chi connectivity index (χ1) is 10.9. The van der Waals surface area contributed by atoms with Crippen molar-refractivity contribution >= 4 is 34.7 Å². The zero-order chi connectivity index (χ0) is 16.9. The molecule has 0 saturated carbocycles. The Morgan fingerprint density at radius 3 is 2.74 bits per heavy atom. The molecule has 1 fully saturated rings. The van der Waals surface area contributed by atoms with E-state index in [1.165, 1.54) is 30.2 Å². The number of amides is 2. The second-order valence-electron chi connectivity index (χ2n) is 5.66. The van der Waals surface area contributed by atoms with Gasteiger partial charge in [0.05, 0.1) is 23.6 Å². The fraction of sp³-hybridized carbons (Fsp3) is 0.400. The minimum Gasteiger partial charge on any atom is -0.477 e. The lowest BCUT2D eigenvalue weighted by molar-refractivity contribution is -0.161. The van der Waals surface area contributed by atoms with E-state index in [9.17, 15) is 24.6 Å². The highest BCUT2D eigenvalue weighted by Crippen LogP contribution is 2.47. The van der Waals surface area contributed by atoms with Crippen molar-refractivity contribution in [2.24, 2.45) is 5.92 Å². The lowest BCUT2D eigenvalue weighted by Gasteiger charge is -2.44. The highest BCUT2D eigenvalue weighted by Gasteiger charge is 2.56. The predicted molar refractivity (Wildman–Crippen MR) is 82.7 cm³/mol. The number of carboxylic acid groups (broad SMARTS) is 1. The van der Waals surface area contributed by atoms with E-state index in [0.717, 1.165) is 0 Å². The van der Waals surface area contributed by atoms with Gasteiger partial charge in [-0.05, 0) is 19.4 Å². The maximum absolute atomic E-state index is 12.1. The third-order valence-electron chi connectivity index (χ3n) is 4.32. The van der Waals surface area contributed by atoms with Crippen LogP contribution in [0.5, 0.6) is 0 Å². The van der Waals surface area contributed by atoms with Gasteiger partial charge in [0.2, 0.25) is 5.91 Å². The summed E-state index contributed by atoms with van der Waals surface area (Å²) in [7, 11) is 1.52. The number of hydrogen-bond acceptors (Lipinski definition) is 5. The van der Waals surface area contributed by atoms with Crippen LogP contribution in [0.2, 0.25) is 0 Å². The molecule has 7 nitrogen and oxygen atoms in total. The first-order valence-corrected chi connectivity index (χ1v) is 8.03. The molecule has 3 N–H and O–H groups in total. The van der Waals surface area contributed by atoms with Gasteiger partial charge in [-0.1, -0.05) is 0 Å². The van der Waals surface area contributed by atoms with Crippen LogP contribution >= 0.6 is 11.3 Å². The summed E-state index contributed by atoms with van der Waals surface area (Å²) in [5.74, 6) is -2.35. The number of rotatable bonds is 4. The quantitative estimate of drug-likeness (QED) is 0.695. The monoisotopic (exact) mass is 336 g/mol. The molecule has 1 saturated heterocycles. The summed E-state index contributed by atoms with van der Waals surface area (Å²) in [5, 5.41) is 23.4. The fourth-order valence-corrected chi connectivity index (χ4v) is 4.19. The number of hydrogen-bond donors (Lipinski definition) is 3. The van der Waals surface area contributed by atoms with Gasteiger partial charge in [-0.15, -0.1) is 11.3 Å². The maximum Gasteiger partial charge on any atom is 0.352 e. The van der Waals surface area contributed by atoms with Crippen molar-refractivity contribution in [3.8, 4) is 0 Å². The maximum atomic E-state index is 12.1. The molecule has 3 heterocycles. The van der Waals surface area contributed by atoms with Crippen LogP contribution in [0.15, 0.2) is 17.1 Å². The molecule has 1 aromatic rings. The average Bonchev–Trinajstić information content (AvgIpc) is 3.08. The molecule has 3 unspecified atom stereocenters. The standard InChI is InChI=1S/C15H16N2O5S/c1-6(18)11-9-4-8(12(15(21)22)17(9)14(11)20)10-3-7(5-23-10)13(19)16-2/h3,5-6,9,11,18H,4H2,1-2H3,(H,16,19)(H,21,22). The van der Waals surface area contributed by atoms with Crippen LogP contribution in [0.3, 0.4) is 0 Å². The third kappa shape index (κ3) is 2.25.